The molecule has 16 heavy (non-hydrogen) atoms. The van der Waals surface area contributed by atoms with Gasteiger partial charge in [0, 0.05) is 11.3 Å². The molecule has 2 aliphatic heterocycles. The molecule has 0 atom stereocenters. The minimum atomic E-state index is -0.174. The molecule has 0 radical (unpaired) electrons. The van der Waals surface area contributed by atoms with Gasteiger partial charge in [-0.25, -0.2) is 0 Å². The van der Waals surface area contributed by atoms with Crippen LogP contribution in [0.4, 0.5) is 0 Å². The first-order valence-corrected chi connectivity index (χ1v) is 6.34. The van der Waals surface area contributed by atoms with E-state index in [1.54, 1.807) is 0 Å². The fraction of sp³-hybridized carbons (Fsp3) is 0.923. The average molecular weight is 225 g/mol. The molecule has 2 heterocycles. The lowest BCUT2D eigenvalue weighted by atomic mass is 9.79. The molecule has 2 rings (SSSR count). The Bertz CT molecular complexity index is 258. The van der Waals surface area contributed by atoms with Crippen molar-refractivity contribution in [2.45, 2.75) is 39.7 Å². The van der Waals surface area contributed by atoms with E-state index >= 15 is 0 Å². The fourth-order valence-corrected chi connectivity index (χ4v) is 2.57. The van der Waals surface area contributed by atoms with Gasteiger partial charge < -0.3 is 4.74 Å². The van der Waals surface area contributed by atoms with E-state index in [2.05, 4.69) is 4.90 Å². The minimum absolute atomic E-state index is 0.174. The van der Waals surface area contributed by atoms with Gasteiger partial charge in [-0.05, 0) is 25.9 Å². The van der Waals surface area contributed by atoms with E-state index in [1.807, 2.05) is 20.8 Å². The molecular formula is C13H23NO2. The van der Waals surface area contributed by atoms with Gasteiger partial charge in [-0.1, -0.05) is 20.8 Å². The minimum Gasteiger partial charge on any atom is -0.378 e. The zero-order chi connectivity index (χ0) is 11.8. The monoisotopic (exact) mass is 225 g/mol. The van der Waals surface area contributed by atoms with Crippen LogP contribution in [0.3, 0.4) is 0 Å². The fourth-order valence-electron chi connectivity index (χ4n) is 2.57. The quantitative estimate of drug-likeness (QED) is 0.716. The van der Waals surface area contributed by atoms with E-state index in [0.717, 1.165) is 39.1 Å². The van der Waals surface area contributed by atoms with Gasteiger partial charge in [0.2, 0.25) is 0 Å². The Hall–Kier alpha value is -0.410. The van der Waals surface area contributed by atoms with Crippen LogP contribution in [0, 0.1) is 11.3 Å². The van der Waals surface area contributed by atoms with Gasteiger partial charge in [0.25, 0.3) is 0 Å². The second-order valence-electron chi connectivity index (χ2n) is 6.12. The van der Waals surface area contributed by atoms with E-state index in [9.17, 15) is 4.79 Å². The summed E-state index contributed by atoms with van der Waals surface area (Å²) in [6.45, 7) is 10.0. The summed E-state index contributed by atoms with van der Waals surface area (Å²) >= 11 is 0. The van der Waals surface area contributed by atoms with Crippen LogP contribution in [0.1, 0.15) is 33.6 Å². The maximum Gasteiger partial charge on any atom is 0.141 e. The normalized spacial score (nSPS) is 25.4. The molecular weight excluding hydrogens is 202 g/mol. The number of hydrogen-bond acceptors (Lipinski definition) is 3. The lowest BCUT2D eigenvalue weighted by Crippen LogP contribution is -2.52. The second-order valence-corrected chi connectivity index (χ2v) is 6.12. The number of ether oxygens (including phenoxy) is 1. The molecule has 3 nitrogen and oxygen atoms in total. The summed E-state index contributed by atoms with van der Waals surface area (Å²) in [6.07, 6.45) is 2.07. The number of carbonyl (C=O) groups excluding carboxylic acids is 1. The molecule has 3 heteroatoms. The van der Waals surface area contributed by atoms with Gasteiger partial charge in [0.05, 0.1) is 19.3 Å². The molecule has 0 aromatic rings. The van der Waals surface area contributed by atoms with Gasteiger partial charge in [0.15, 0.2) is 0 Å². The standard InChI is InChI=1S/C13H23NO2/c1-13(2,3)12(15)10-4-6-14(7-5-10)11-8-16-9-11/h10-11H,4-9H2,1-3H3. The predicted octanol–water partition coefficient (Wildman–Crippen LogP) is 1.71. The maximum atomic E-state index is 12.1. The zero-order valence-corrected chi connectivity index (χ0v) is 10.7. The van der Waals surface area contributed by atoms with E-state index in [1.165, 1.54) is 0 Å². The highest BCUT2D eigenvalue weighted by molar-refractivity contribution is 5.86. The van der Waals surface area contributed by atoms with E-state index in [0.29, 0.717) is 11.8 Å². The number of nitrogens with zero attached hydrogens (tertiary/aromatic N) is 1. The van der Waals surface area contributed by atoms with Crippen molar-refractivity contribution in [3.8, 4) is 0 Å². The van der Waals surface area contributed by atoms with Crippen molar-refractivity contribution in [3.05, 3.63) is 0 Å². The highest BCUT2D eigenvalue weighted by atomic mass is 16.5. The van der Waals surface area contributed by atoms with E-state index in [-0.39, 0.29) is 11.3 Å². The molecule has 0 aliphatic carbocycles. The zero-order valence-electron chi connectivity index (χ0n) is 10.7. The Labute approximate surface area is 98.1 Å². The van der Waals surface area contributed by atoms with Gasteiger partial charge in [-0.2, -0.15) is 0 Å². The molecule has 0 bridgehead atoms. The Morgan fingerprint density at radius 1 is 1.19 bits per heavy atom. The van der Waals surface area contributed by atoms with Crippen molar-refractivity contribution in [2.75, 3.05) is 26.3 Å². The molecule has 2 fully saturated rings. The van der Waals surface area contributed by atoms with Crippen molar-refractivity contribution in [1.82, 2.24) is 4.90 Å². The second kappa shape index (κ2) is 4.46. The first kappa shape index (κ1) is 12.1. The molecule has 0 saturated carbocycles. The molecule has 92 valence electrons. The smallest absolute Gasteiger partial charge is 0.141 e. The summed E-state index contributed by atoms with van der Waals surface area (Å²) in [6, 6.07) is 0.630. The maximum absolute atomic E-state index is 12.1. The Morgan fingerprint density at radius 2 is 1.75 bits per heavy atom. The largest absolute Gasteiger partial charge is 0.378 e. The lowest BCUT2D eigenvalue weighted by molar-refractivity contribution is -0.133. The SMILES string of the molecule is CC(C)(C)C(=O)C1CCN(C2COC2)CC1. The van der Waals surface area contributed by atoms with Crippen LogP contribution in [0.15, 0.2) is 0 Å². The van der Waals surface area contributed by atoms with Crippen LogP contribution in [-0.4, -0.2) is 43.0 Å². The average Bonchev–Trinajstić information content (AvgIpc) is 2.14. The number of rotatable bonds is 2. The van der Waals surface area contributed by atoms with Gasteiger partial charge in [-0.15, -0.1) is 0 Å². The van der Waals surface area contributed by atoms with Gasteiger partial charge in [-0.3, -0.25) is 9.69 Å². The summed E-state index contributed by atoms with van der Waals surface area (Å²) in [7, 11) is 0. The van der Waals surface area contributed by atoms with Crippen molar-refractivity contribution >= 4 is 5.78 Å². The van der Waals surface area contributed by atoms with Crippen molar-refractivity contribution in [2.24, 2.45) is 11.3 Å². The van der Waals surface area contributed by atoms with Crippen LogP contribution in [0.2, 0.25) is 0 Å². The first-order valence-electron chi connectivity index (χ1n) is 6.34. The summed E-state index contributed by atoms with van der Waals surface area (Å²) < 4.78 is 5.21. The third-order valence-electron chi connectivity index (χ3n) is 3.78. The van der Waals surface area contributed by atoms with Crippen molar-refractivity contribution < 1.29 is 9.53 Å². The van der Waals surface area contributed by atoms with Gasteiger partial charge >= 0.3 is 0 Å². The molecule has 0 amide bonds. The molecule has 2 aliphatic rings. The highest BCUT2D eigenvalue weighted by Crippen LogP contribution is 2.28. The molecule has 0 aromatic heterocycles. The first-order chi connectivity index (χ1) is 7.48. The number of likely N-dealkylation sites (tertiary alicyclic amines) is 1. The highest BCUT2D eigenvalue weighted by Gasteiger charge is 2.35. The van der Waals surface area contributed by atoms with Crippen LogP contribution in [0.5, 0.6) is 0 Å². The summed E-state index contributed by atoms with van der Waals surface area (Å²) in [5.74, 6) is 0.731. The number of carbonyl (C=O) groups is 1. The summed E-state index contributed by atoms with van der Waals surface area (Å²) in [5.41, 5.74) is -0.174. The van der Waals surface area contributed by atoms with Crippen LogP contribution >= 0.6 is 0 Å². The summed E-state index contributed by atoms with van der Waals surface area (Å²) in [4.78, 5) is 14.6. The van der Waals surface area contributed by atoms with Gasteiger partial charge in [0.1, 0.15) is 5.78 Å². The van der Waals surface area contributed by atoms with Crippen LogP contribution in [-0.2, 0) is 9.53 Å². The number of piperidine rings is 1. The van der Waals surface area contributed by atoms with Crippen LogP contribution < -0.4 is 0 Å². The third-order valence-corrected chi connectivity index (χ3v) is 3.78. The molecule has 0 spiro atoms. The molecule has 0 N–H and O–H groups in total. The number of ketones is 1. The van der Waals surface area contributed by atoms with Crippen molar-refractivity contribution in [1.29, 1.82) is 0 Å². The van der Waals surface area contributed by atoms with Crippen LogP contribution in [0.25, 0.3) is 0 Å². The van der Waals surface area contributed by atoms with E-state index in [4.69, 9.17) is 4.74 Å². The molecule has 2 saturated heterocycles. The number of Topliss-reactive ketones (excluding diaryl/α,β-unsaturated/α-hetero) is 1. The predicted molar refractivity (Wildman–Crippen MR) is 63.4 cm³/mol. The third kappa shape index (κ3) is 2.46. The van der Waals surface area contributed by atoms with Crippen molar-refractivity contribution in [3.63, 3.8) is 0 Å². The Balaban J connectivity index is 1.82. The van der Waals surface area contributed by atoms with E-state index < -0.39 is 0 Å². The Kier molecular flexibility index (Phi) is 3.36. The molecule has 0 unspecified atom stereocenters. The number of hydrogen-bond donors (Lipinski definition) is 0. The summed E-state index contributed by atoms with van der Waals surface area (Å²) in [5, 5.41) is 0. The Morgan fingerprint density at radius 3 is 2.12 bits per heavy atom. The topological polar surface area (TPSA) is 29.5 Å². The molecule has 0 aromatic carbocycles. The lowest BCUT2D eigenvalue weighted by Gasteiger charge is -2.41.